The van der Waals surface area contributed by atoms with Crippen molar-refractivity contribution >= 4 is 52.4 Å². The zero-order valence-electron chi connectivity index (χ0n) is 18.3. The fourth-order valence-electron chi connectivity index (χ4n) is 4.74. The zero-order valence-corrected chi connectivity index (χ0v) is 20.7. The Morgan fingerprint density at radius 2 is 2.00 bits per heavy atom. The summed E-state index contributed by atoms with van der Waals surface area (Å²) in [5, 5.41) is 6.08. The van der Waals surface area contributed by atoms with Crippen LogP contribution in [0, 0.1) is 11.7 Å². The molecule has 2 unspecified atom stereocenters. The number of Topliss-reactive ketones (excluding diaryl/α,β-unsaturated/α-hetero) is 1. The fraction of sp³-hybridized carbons (Fsp3) is 0.348. The number of oxime groups is 1. The predicted octanol–water partition coefficient (Wildman–Crippen LogP) is 5.30. The van der Waals surface area contributed by atoms with Crippen LogP contribution >= 0.6 is 35.0 Å². The molecular weight excluding hydrogens is 547 g/mol. The first-order valence-electron chi connectivity index (χ1n) is 10.6. The van der Waals surface area contributed by atoms with Gasteiger partial charge in [0.25, 0.3) is 0 Å². The summed E-state index contributed by atoms with van der Waals surface area (Å²) >= 11 is 12.9. The minimum absolute atomic E-state index is 0.0860. The molecule has 36 heavy (non-hydrogen) atoms. The number of nitrogens with zero attached hydrogens (tertiary/aromatic N) is 1. The van der Waals surface area contributed by atoms with Gasteiger partial charge in [-0.1, -0.05) is 40.5 Å². The highest BCUT2D eigenvalue weighted by molar-refractivity contribution is 7.99. The maximum atomic E-state index is 14.8. The number of thioether (sulfide) groups is 1. The Balaban J connectivity index is 1.68. The highest BCUT2D eigenvalue weighted by Crippen LogP contribution is 2.48. The van der Waals surface area contributed by atoms with E-state index >= 15 is 0 Å². The molecule has 3 aliphatic rings. The lowest BCUT2D eigenvalue weighted by molar-refractivity contribution is -0.178. The van der Waals surface area contributed by atoms with Crippen LogP contribution in [0.3, 0.4) is 0 Å². The molecule has 6 nitrogen and oxygen atoms in total. The van der Waals surface area contributed by atoms with E-state index in [4.69, 9.17) is 32.8 Å². The highest BCUT2D eigenvalue weighted by atomic mass is 35.5. The van der Waals surface area contributed by atoms with Gasteiger partial charge in [-0.15, -0.1) is 0 Å². The topological polar surface area (TPSA) is 77.0 Å². The normalized spacial score (nSPS) is 22.1. The third kappa shape index (κ3) is 3.87. The number of carbonyl (C=O) groups excluding carboxylic acids is 2. The van der Waals surface area contributed by atoms with E-state index in [1.165, 1.54) is 12.1 Å². The lowest BCUT2D eigenvalue weighted by Crippen LogP contribution is -2.57. The van der Waals surface area contributed by atoms with Gasteiger partial charge in [-0.05, 0) is 18.4 Å². The summed E-state index contributed by atoms with van der Waals surface area (Å²) in [4.78, 5) is 31.2. The molecule has 3 heterocycles. The fourth-order valence-corrected chi connectivity index (χ4v) is 5.65. The number of hydrogen-bond acceptors (Lipinski definition) is 7. The molecular formula is C23H16Cl2F4N2O4S. The molecule has 0 saturated carbocycles. The number of alkyl halides is 3. The van der Waals surface area contributed by atoms with Crippen molar-refractivity contribution in [3.63, 3.8) is 0 Å². The Morgan fingerprint density at radius 1 is 1.28 bits per heavy atom. The van der Waals surface area contributed by atoms with E-state index in [1.807, 2.05) is 0 Å². The summed E-state index contributed by atoms with van der Waals surface area (Å²) in [6, 6.07) is 4.81. The summed E-state index contributed by atoms with van der Waals surface area (Å²) in [6.45, 7) is 0.626. The van der Waals surface area contributed by atoms with Gasteiger partial charge in [-0.3, -0.25) is 4.79 Å². The van der Waals surface area contributed by atoms with E-state index in [9.17, 15) is 27.2 Å². The third-order valence-electron chi connectivity index (χ3n) is 6.38. The number of halogens is 6. The quantitative estimate of drug-likeness (QED) is 0.230. The van der Waals surface area contributed by atoms with Crippen molar-refractivity contribution in [3.05, 3.63) is 67.9 Å². The van der Waals surface area contributed by atoms with Crippen molar-refractivity contribution in [1.82, 2.24) is 5.32 Å². The summed E-state index contributed by atoms with van der Waals surface area (Å²) in [7, 11) is 0. The van der Waals surface area contributed by atoms with Crippen LogP contribution in [-0.4, -0.2) is 48.7 Å². The summed E-state index contributed by atoms with van der Waals surface area (Å²) in [6.07, 6.45) is -5.28. The van der Waals surface area contributed by atoms with Gasteiger partial charge in [0.2, 0.25) is 0 Å². The molecule has 2 aromatic carbocycles. The van der Waals surface area contributed by atoms with Gasteiger partial charge >= 0.3 is 12.1 Å². The molecule has 1 N–H and O–H groups in total. The van der Waals surface area contributed by atoms with Crippen LogP contribution in [0.1, 0.15) is 43.5 Å². The molecule has 1 saturated heterocycles. The number of rotatable bonds is 5. The van der Waals surface area contributed by atoms with E-state index in [0.29, 0.717) is 18.7 Å². The van der Waals surface area contributed by atoms with Crippen molar-refractivity contribution in [2.24, 2.45) is 11.1 Å². The van der Waals surface area contributed by atoms with Crippen LogP contribution in [0.25, 0.3) is 0 Å². The number of esters is 1. The molecule has 0 amide bonds. The molecule has 0 bridgehead atoms. The Labute approximate surface area is 216 Å². The van der Waals surface area contributed by atoms with Gasteiger partial charge in [-0.25, -0.2) is 9.18 Å². The van der Waals surface area contributed by atoms with Gasteiger partial charge in [0, 0.05) is 40.4 Å². The smallest absolute Gasteiger partial charge is 0.401 e. The van der Waals surface area contributed by atoms with E-state index in [-0.39, 0.29) is 27.5 Å². The van der Waals surface area contributed by atoms with Crippen LogP contribution in [0.5, 0.6) is 0 Å². The average Bonchev–Trinajstić information content (AvgIpc) is 3.35. The van der Waals surface area contributed by atoms with Crippen molar-refractivity contribution < 1.29 is 36.7 Å². The van der Waals surface area contributed by atoms with E-state index < -0.39 is 57.7 Å². The molecule has 0 radical (unpaired) electrons. The first-order valence-corrected chi connectivity index (χ1v) is 12.7. The predicted molar refractivity (Wildman–Crippen MR) is 125 cm³/mol. The second-order valence-electron chi connectivity index (χ2n) is 8.57. The maximum absolute atomic E-state index is 14.8. The maximum Gasteiger partial charge on any atom is 0.401 e. The number of nitrogens with one attached hydrogen (secondary N) is 1. The first-order chi connectivity index (χ1) is 17.0. The molecule has 2 atom stereocenters. The number of fused-ring (bicyclic) bond motifs is 2. The molecule has 0 aromatic heterocycles. The standard InChI is InChI=1S/C23H16Cl2F4N2O4S/c1-36-6-14(32)15-10(2-3-12-16(15)21(33)34-22(12)7-30-8-22)19-17(23(27,28)29)20(35-31-19)11-4-9(24)5-13(25)18(11)26/h2-5,17,20,30H,6-8H2,1H3. The summed E-state index contributed by atoms with van der Waals surface area (Å²) < 4.78 is 63.7. The summed E-state index contributed by atoms with van der Waals surface area (Å²) in [5.41, 5.74) is -2.28. The molecule has 1 fully saturated rings. The number of benzene rings is 2. The Kier molecular flexibility index (Phi) is 6.26. The summed E-state index contributed by atoms with van der Waals surface area (Å²) in [5.74, 6) is -5.08. The lowest BCUT2D eigenvalue weighted by atomic mass is 9.80. The van der Waals surface area contributed by atoms with Crippen molar-refractivity contribution in [2.45, 2.75) is 17.9 Å². The molecule has 1 spiro atoms. The molecule has 190 valence electrons. The number of carbonyl (C=O) groups is 2. The van der Waals surface area contributed by atoms with Gasteiger partial charge in [0.15, 0.2) is 17.5 Å². The van der Waals surface area contributed by atoms with Crippen LogP contribution in [0.2, 0.25) is 10.0 Å². The second-order valence-corrected chi connectivity index (χ2v) is 10.3. The van der Waals surface area contributed by atoms with Crippen LogP contribution in [0.15, 0.2) is 29.4 Å². The monoisotopic (exact) mass is 562 g/mol. The van der Waals surface area contributed by atoms with Gasteiger partial charge in [-0.2, -0.15) is 24.9 Å². The number of ketones is 1. The van der Waals surface area contributed by atoms with E-state index in [2.05, 4.69) is 10.5 Å². The van der Waals surface area contributed by atoms with Crippen LogP contribution < -0.4 is 5.32 Å². The lowest BCUT2D eigenvalue weighted by Gasteiger charge is -2.38. The SMILES string of the molecule is CSCC(=O)c1c(C2=NOC(c3cc(Cl)cc(Cl)c3F)C2C(F)(F)F)ccc2c1C(=O)OC21CNC1. The molecule has 3 aliphatic heterocycles. The third-order valence-corrected chi connectivity index (χ3v) is 7.43. The Hall–Kier alpha value is -2.34. The Morgan fingerprint density at radius 3 is 2.61 bits per heavy atom. The van der Waals surface area contributed by atoms with Crippen LogP contribution in [-0.2, 0) is 15.2 Å². The molecule has 5 rings (SSSR count). The van der Waals surface area contributed by atoms with Gasteiger partial charge in [0.1, 0.15) is 17.4 Å². The minimum atomic E-state index is -4.97. The number of hydrogen-bond donors (Lipinski definition) is 1. The highest BCUT2D eigenvalue weighted by Gasteiger charge is 2.57. The molecule has 2 aromatic rings. The Bertz CT molecular complexity index is 1330. The molecule has 0 aliphatic carbocycles. The number of ether oxygens (including phenoxy) is 1. The van der Waals surface area contributed by atoms with Crippen molar-refractivity contribution in [1.29, 1.82) is 0 Å². The first kappa shape index (κ1) is 25.3. The van der Waals surface area contributed by atoms with Gasteiger partial charge < -0.3 is 14.9 Å². The average molecular weight is 563 g/mol. The van der Waals surface area contributed by atoms with E-state index in [0.717, 1.165) is 23.9 Å². The van der Waals surface area contributed by atoms with E-state index in [1.54, 1.807) is 6.26 Å². The molecule has 13 heteroatoms. The van der Waals surface area contributed by atoms with Crippen molar-refractivity contribution in [2.75, 3.05) is 25.1 Å². The minimum Gasteiger partial charge on any atom is -0.448 e. The zero-order chi connectivity index (χ0) is 26.0. The largest absolute Gasteiger partial charge is 0.448 e. The van der Waals surface area contributed by atoms with Crippen LogP contribution in [0.4, 0.5) is 17.6 Å². The van der Waals surface area contributed by atoms with Gasteiger partial charge in [0.05, 0.1) is 16.3 Å². The van der Waals surface area contributed by atoms with Crippen molar-refractivity contribution in [3.8, 4) is 0 Å². The second kappa shape index (κ2) is 8.90.